The summed E-state index contributed by atoms with van der Waals surface area (Å²) in [5.74, 6) is -1.47. The summed E-state index contributed by atoms with van der Waals surface area (Å²) >= 11 is 0. The van der Waals surface area contributed by atoms with Gasteiger partial charge in [0.2, 0.25) is 12.5 Å². The highest BCUT2D eigenvalue weighted by Gasteiger charge is 2.28. The number of rotatable bonds is 4. The number of esters is 2. The average molecular weight is 234 g/mol. The molecule has 1 saturated heterocycles. The van der Waals surface area contributed by atoms with Gasteiger partial charge in [-0.15, -0.1) is 0 Å². The third-order valence-electron chi connectivity index (χ3n) is 2.02. The number of nitrogens with one attached hydrogen (secondary N) is 1. The standard InChI is InChI=1S/C8H13NO5P/c10-5-15(13)4-7(11)14-8(12)6-2-1-3-9-6/h6,9-10H,1-5H2/q+1/t6-/m0/s1. The minimum atomic E-state index is -2.00. The van der Waals surface area contributed by atoms with E-state index in [1.54, 1.807) is 0 Å². The molecule has 15 heavy (non-hydrogen) atoms. The van der Waals surface area contributed by atoms with Crippen molar-refractivity contribution in [2.45, 2.75) is 18.9 Å². The van der Waals surface area contributed by atoms with E-state index < -0.39 is 38.3 Å². The Bertz CT molecular complexity index is 274. The van der Waals surface area contributed by atoms with E-state index >= 15 is 0 Å². The Labute approximate surface area is 87.8 Å². The van der Waals surface area contributed by atoms with Crippen LogP contribution in [0.1, 0.15) is 12.8 Å². The van der Waals surface area contributed by atoms with Crippen molar-refractivity contribution in [2.75, 3.05) is 19.1 Å². The molecule has 1 fully saturated rings. The molecular formula is C8H13NO5P+. The molecule has 2 N–H and O–H groups in total. The van der Waals surface area contributed by atoms with Crippen molar-refractivity contribution in [1.29, 1.82) is 0 Å². The van der Waals surface area contributed by atoms with Gasteiger partial charge in [0.15, 0.2) is 0 Å². The van der Waals surface area contributed by atoms with Crippen LogP contribution in [0.15, 0.2) is 0 Å². The third kappa shape index (κ3) is 4.03. The second kappa shape index (κ2) is 5.90. The normalized spacial score (nSPS) is 21.1. The molecule has 0 aromatic rings. The van der Waals surface area contributed by atoms with Crippen LogP contribution in [-0.4, -0.2) is 42.1 Å². The van der Waals surface area contributed by atoms with Crippen LogP contribution in [0.4, 0.5) is 0 Å². The Hall–Kier alpha value is -0.840. The first-order valence-electron chi connectivity index (χ1n) is 4.64. The number of aliphatic hydroxyl groups excluding tert-OH is 1. The van der Waals surface area contributed by atoms with Gasteiger partial charge in [0.05, 0.1) is 0 Å². The summed E-state index contributed by atoms with van der Waals surface area (Å²) in [6, 6.07) is -0.430. The predicted molar refractivity (Wildman–Crippen MR) is 51.7 cm³/mol. The fraction of sp³-hybridized carbons (Fsp3) is 0.750. The first-order valence-corrected chi connectivity index (χ1v) is 6.27. The van der Waals surface area contributed by atoms with Gasteiger partial charge in [-0.25, -0.2) is 9.59 Å². The first-order chi connectivity index (χ1) is 7.13. The van der Waals surface area contributed by atoms with Crippen LogP contribution in [0.2, 0.25) is 0 Å². The largest absolute Gasteiger partial charge is 0.389 e. The fourth-order valence-electron chi connectivity index (χ4n) is 1.30. The average Bonchev–Trinajstić information content (AvgIpc) is 2.70. The minimum Gasteiger partial charge on any atom is -0.389 e. The van der Waals surface area contributed by atoms with Crippen LogP contribution in [0, 0.1) is 0 Å². The second-order valence-electron chi connectivity index (χ2n) is 3.22. The second-order valence-corrected chi connectivity index (χ2v) is 4.79. The van der Waals surface area contributed by atoms with E-state index in [-0.39, 0.29) is 0 Å². The zero-order chi connectivity index (χ0) is 11.3. The molecule has 0 radical (unpaired) electrons. The maximum absolute atomic E-state index is 11.3. The Kier molecular flexibility index (Phi) is 4.81. The molecule has 0 aliphatic carbocycles. The van der Waals surface area contributed by atoms with Crippen molar-refractivity contribution in [3.8, 4) is 0 Å². The minimum absolute atomic E-state index is 0.412. The van der Waals surface area contributed by atoms with Gasteiger partial charge in [-0.05, 0) is 19.4 Å². The summed E-state index contributed by atoms with van der Waals surface area (Å²) in [5.41, 5.74) is 0. The molecule has 1 aliphatic heterocycles. The zero-order valence-corrected chi connectivity index (χ0v) is 9.03. The molecule has 6 nitrogen and oxygen atoms in total. The van der Waals surface area contributed by atoms with Crippen LogP contribution >= 0.6 is 7.80 Å². The summed E-state index contributed by atoms with van der Waals surface area (Å²) in [7, 11) is -2.00. The van der Waals surface area contributed by atoms with E-state index in [0.29, 0.717) is 6.42 Å². The lowest BCUT2D eigenvalue weighted by Crippen LogP contribution is -2.34. The van der Waals surface area contributed by atoms with Crippen molar-refractivity contribution in [2.24, 2.45) is 0 Å². The first kappa shape index (κ1) is 12.2. The lowest BCUT2D eigenvalue weighted by atomic mass is 10.2. The molecule has 0 bridgehead atoms. The molecule has 7 heteroatoms. The maximum Gasteiger partial charge on any atom is 0.378 e. The molecule has 0 aromatic heterocycles. The summed E-state index contributed by atoms with van der Waals surface area (Å²) in [6.07, 6.45) is 0.543. The number of hydrogen-bond donors (Lipinski definition) is 2. The van der Waals surface area contributed by atoms with E-state index in [4.69, 9.17) is 5.11 Å². The lowest BCUT2D eigenvalue weighted by molar-refractivity contribution is -0.159. The van der Waals surface area contributed by atoms with E-state index in [2.05, 4.69) is 10.1 Å². The summed E-state index contributed by atoms with van der Waals surface area (Å²) < 4.78 is 15.3. The van der Waals surface area contributed by atoms with Gasteiger partial charge < -0.3 is 15.2 Å². The van der Waals surface area contributed by atoms with Gasteiger partial charge in [-0.1, -0.05) is 4.57 Å². The molecule has 0 amide bonds. The van der Waals surface area contributed by atoms with E-state index in [1.165, 1.54) is 0 Å². The van der Waals surface area contributed by atoms with Crippen LogP contribution in [0.25, 0.3) is 0 Å². The predicted octanol–water partition coefficient (Wildman–Crippen LogP) is -0.415. The lowest BCUT2D eigenvalue weighted by Gasteiger charge is -2.06. The molecular weight excluding hydrogens is 221 g/mol. The monoisotopic (exact) mass is 234 g/mol. The maximum atomic E-state index is 11.3. The summed E-state index contributed by atoms with van der Waals surface area (Å²) in [6.45, 7) is 0.735. The number of carbonyl (C=O) groups is 2. The van der Waals surface area contributed by atoms with Gasteiger partial charge in [0.1, 0.15) is 6.04 Å². The van der Waals surface area contributed by atoms with Crippen LogP contribution in [-0.2, 0) is 18.9 Å². The highest BCUT2D eigenvalue weighted by molar-refractivity contribution is 7.45. The summed E-state index contributed by atoms with van der Waals surface area (Å²) in [4.78, 5) is 22.3. The molecule has 1 rings (SSSR count). The molecule has 0 aromatic carbocycles. The molecule has 0 saturated carbocycles. The summed E-state index contributed by atoms with van der Waals surface area (Å²) in [5, 5.41) is 11.3. The topological polar surface area (TPSA) is 92.7 Å². The van der Waals surface area contributed by atoms with Crippen molar-refractivity contribution in [1.82, 2.24) is 5.32 Å². The van der Waals surface area contributed by atoms with E-state index in [0.717, 1.165) is 13.0 Å². The van der Waals surface area contributed by atoms with Crippen molar-refractivity contribution in [3.63, 3.8) is 0 Å². The van der Waals surface area contributed by atoms with Crippen LogP contribution < -0.4 is 5.32 Å². The molecule has 2 atom stereocenters. The van der Waals surface area contributed by atoms with Gasteiger partial charge in [-0.3, -0.25) is 0 Å². The Morgan fingerprint density at radius 3 is 2.80 bits per heavy atom. The molecule has 1 heterocycles. The quantitative estimate of drug-likeness (QED) is 0.390. The van der Waals surface area contributed by atoms with Gasteiger partial charge >= 0.3 is 19.7 Å². The highest BCUT2D eigenvalue weighted by Crippen LogP contribution is 2.17. The SMILES string of the molecule is O=C(C[P+](=O)CO)OC(=O)[C@@H]1CCCN1. The molecule has 1 unspecified atom stereocenters. The number of carbonyl (C=O) groups excluding carboxylic acids is 2. The Morgan fingerprint density at radius 2 is 2.27 bits per heavy atom. The van der Waals surface area contributed by atoms with Crippen molar-refractivity contribution < 1.29 is 24.0 Å². The molecule has 1 aliphatic rings. The molecule has 0 spiro atoms. The van der Waals surface area contributed by atoms with Gasteiger partial charge in [0.25, 0.3) is 0 Å². The number of ether oxygens (including phenoxy) is 1. The fourth-order valence-corrected chi connectivity index (χ4v) is 1.75. The van der Waals surface area contributed by atoms with E-state index in [1.807, 2.05) is 0 Å². The zero-order valence-electron chi connectivity index (χ0n) is 8.14. The third-order valence-corrected chi connectivity index (χ3v) is 2.95. The van der Waals surface area contributed by atoms with Crippen molar-refractivity contribution in [3.05, 3.63) is 0 Å². The van der Waals surface area contributed by atoms with Crippen LogP contribution in [0.3, 0.4) is 0 Å². The van der Waals surface area contributed by atoms with Gasteiger partial charge in [-0.2, -0.15) is 0 Å². The highest BCUT2D eigenvalue weighted by atomic mass is 31.1. The van der Waals surface area contributed by atoms with Gasteiger partial charge in [0, 0.05) is 0 Å². The van der Waals surface area contributed by atoms with Crippen LogP contribution in [0.5, 0.6) is 0 Å². The smallest absolute Gasteiger partial charge is 0.378 e. The number of aliphatic hydroxyl groups is 1. The van der Waals surface area contributed by atoms with Crippen molar-refractivity contribution >= 4 is 19.7 Å². The van der Waals surface area contributed by atoms with E-state index in [9.17, 15) is 14.2 Å². The Balaban J connectivity index is 2.30. The Morgan fingerprint density at radius 1 is 1.53 bits per heavy atom. The number of hydrogen-bond acceptors (Lipinski definition) is 6. The molecule has 84 valence electrons.